The van der Waals surface area contributed by atoms with Crippen molar-refractivity contribution in [2.75, 3.05) is 12.8 Å². The predicted molar refractivity (Wildman–Crippen MR) is 129 cm³/mol. The minimum Gasteiger partial charge on any atom is -0.369 e. The summed E-state index contributed by atoms with van der Waals surface area (Å²) in [7, 11) is -2.19. The number of allylic oxidation sites excluding steroid dienone is 4. The number of hydrogen-bond donors (Lipinski definition) is 2. The van der Waals surface area contributed by atoms with Crippen molar-refractivity contribution >= 4 is 60.2 Å². The first-order chi connectivity index (χ1) is 15.2. The number of thiophene rings is 1. The topological polar surface area (TPSA) is 117 Å². The van der Waals surface area contributed by atoms with Crippen LogP contribution in [0.4, 0.5) is 0 Å². The van der Waals surface area contributed by atoms with Crippen molar-refractivity contribution < 1.29 is 8.42 Å². The van der Waals surface area contributed by atoms with Gasteiger partial charge in [-0.2, -0.15) is 5.10 Å². The van der Waals surface area contributed by atoms with E-state index < -0.39 is 15.6 Å². The largest absolute Gasteiger partial charge is 0.369 e. The number of fused-ring (bicyclic) bond motifs is 1. The van der Waals surface area contributed by atoms with Crippen LogP contribution in [-0.4, -0.2) is 46.7 Å². The summed E-state index contributed by atoms with van der Waals surface area (Å²) in [5.41, 5.74) is 9.04. The van der Waals surface area contributed by atoms with E-state index in [2.05, 4.69) is 32.3 Å². The van der Waals surface area contributed by atoms with Gasteiger partial charge in [0.2, 0.25) is 16.0 Å². The molecular weight excluding hydrogens is 468 g/mol. The molecule has 0 fully saturated rings. The number of aromatic amines is 1. The third-order valence-electron chi connectivity index (χ3n) is 5.90. The summed E-state index contributed by atoms with van der Waals surface area (Å²) in [4.78, 5) is 9.83. The quantitative estimate of drug-likeness (QED) is 0.582. The number of nitrogens with two attached hydrogens (primary N) is 1. The first kappa shape index (κ1) is 21.2. The van der Waals surface area contributed by atoms with Gasteiger partial charge in [-0.3, -0.25) is 10.1 Å². The molecule has 166 valence electrons. The Hall–Kier alpha value is -2.69. The number of halogens is 1. The first-order valence-corrected chi connectivity index (χ1v) is 12.8. The zero-order valence-corrected chi connectivity index (χ0v) is 19.9. The van der Waals surface area contributed by atoms with Crippen LogP contribution >= 0.6 is 22.9 Å². The summed E-state index contributed by atoms with van der Waals surface area (Å²) in [6.07, 6.45) is 9.32. The van der Waals surface area contributed by atoms with E-state index in [1.54, 1.807) is 19.3 Å². The molecule has 1 aliphatic carbocycles. The van der Waals surface area contributed by atoms with Crippen molar-refractivity contribution in [2.24, 2.45) is 10.7 Å². The number of guanidine groups is 1. The van der Waals surface area contributed by atoms with Gasteiger partial charge in [0, 0.05) is 24.8 Å². The second-order valence-corrected chi connectivity index (χ2v) is 11.5. The highest BCUT2D eigenvalue weighted by atomic mass is 35.5. The summed E-state index contributed by atoms with van der Waals surface area (Å²) < 4.78 is 27.2. The van der Waals surface area contributed by atoms with Crippen molar-refractivity contribution in [3.8, 4) is 0 Å². The highest BCUT2D eigenvalue weighted by molar-refractivity contribution is 7.89. The van der Waals surface area contributed by atoms with Gasteiger partial charge < -0.3 is 5.73 Å². The lowest BCUT2D eigenvalue weighted by molar-refractivity contribution is 0.482. The van der Waals surface area contributed by atoms with Crippen LogP contribution in [0.1, 0.15) is 36.0 Å². The number of sulfonamides is 1. The Morgan fingerprint density at radius 2 is 1.97 bits per heavy atom. The number of H-pyrrole nitrogens is 1. The molecule has 0 saturated heterocycles. The zero-order valence-electron chi connectivity index (χ0n) is 17.5. The van der Waals surface area contributed by atoms with E-state index in [0.717, 1.165) is 44.2 Å². The standard InChI is InChI=1S/C21H21ClN6O2S2/c1-21(11-32(29,30)28(2)20(23)26-21)19-16(22)14-7-9-24-17(18(14)31-19)13-5-3-12(4-6-13)15-8-10-25-27-15/h3,5,7-10H,4,6,11H2,1-2H3,(H2,23,26)(H,25,27)/t21-/m0/s1. The predicted octanol–water partition coefficient (Wildman–Crippen LogP) is 3.74. The normalized spacial score (nSPS) is 23.1. The van der Waals surface area contributed by atoms with E-state index in [1.807, 2.05) is 12.1 Å². The Balaban J connectivity index is 1.61. The molecule has 0 amide bonds. The SMILES string of the molecule is CN1C(N)=N[C@](C)(c2sc3c(C4=CC=C(c5ccn[nH]5)CC4)nccc3c2Cl)CS1(=O)=O. The molecule has 8 nitrogen and oxygen atoms in total. The highest BCUT2D eigenvalue weighted by Crippen LogP contribution is 2.47. The minimum absolute atomic E-state index is 0.0444. The minimum atomic E-state index is -3.60. The van der Waals surface area contributed by atoms with Gasteiger partial charge in [0.05, 0.1) is 31.7 Å². The second kappa shape index (κ2) is 7.43. The molecule has 0 saturated carbocycles. The van der Waals surface area contributed by atoms with E-state index in [1.165, 1.54) is 24.0 Å². The number of aromatic nitrogens is 3. The molecule has 5 rings (SSSR count). The van der Waals surface area contributed by atoms with Crippen molar-refractivity contribution in [2.45, 2.75) is 25.3 Å². The second-order valence-electron chi connectivity index (χ2n) is 8.10. The summed E-state index contributed by atoms with van der Waals surface area (Å²) in [5, 5.41) is 8.36. The van der Waals surface area contributed by atoms with Crippen molar-refractivity contribution in [3.63, 3.8) is 0 Å². The Morgan fingerprint density at radius 1 is 1.22 bits per heavy atom. The summed E-state index contributed by atoms with van der Waals surface area (Å²) in [5.74, 6) is -0.247. The van der Waals surface area contributed by atoms with E-state index >= 15 is 0 Å². The number of aliphatic imine (C=N–C) groups is 1. The molecule has 0 spiro atoms. The van der Waals surface area contributed by atoms with E-state index in [4.69, 9.17) is 17.3 Å². The van der Waals surface area contributed by atoms with Gasteiger partial charge in [0.15, 0.2) is 0 Å². The van der Waals surface area contributed by atoms with Gasteiger partial charge in [0.1, 0.15) is 5.54 Å². The van der Waals surface area contributed by atoms with E-state index in [9.17, 15) is 8.42 Å². The number of hydrogen-bond acceptors (Lipinski definition) is 7. The lowest BCUT2D eigenvalue weighted by atomic mass is 9.94. The molecule has 0 radical (unpaired) electrons. The molecule has 3 N–H and O–H groups in total. The molecule has 32 heavy (non-hydrogen) atoms. The van der Waals surface area contributed by atoms with Gasteiger partial charge in [-0.25, -0.2) is 17.7 Å². The smallest absolute Gasteiger partial charge is 0.239 e. The van der Waals surface area contributed by atoms with Crippen LogP contribution in [0, 0.1) is 0 Å². The third kappa shape index (κ3) is 3.33. The fourth-order valence-electron chi connectivity index (χ4n) is 4.13. The van der Waals surface area contributed by atoms with Crippen LogP contribution in [0.5, 0.6) is 0 Å². The van der Waals surface area contributed by atoms with Gasteiger partial charge >= 0.3 is 0 Å². The number of nitrogens with zero attached hydrogens (tertiary/aromatic N) is 4. The maximum atomic E-state index is 12.6. The monoisotopic (exact) mass is 488 g/mol. The molecule has 0 aromatic carbocycles. The molecule has 11 heteroatoms. The van der Waals surface area contributed by atoms with Crippen molar-refractivity contribution in [3.05, 3.63) is 58.0 Å². The van der Waals surface area contributed by atoms with Crippen molar-refractivity contribution in [1.29, 1.82) is 0 Å². The van der Waals surface area contributed by atoms with Crippen LogP contribution in [0.25, 0.3) is 21.2 Å². The highest BCUT2D eigenvalue weighted by Gasteiger charge is 2.43. The maximum Gasteiger partial charge on any atom is 0.239 e. The summed E-state index contributed by atoms with van der Waals surface area (Å²) in [6, 6.07) is 3.81. The Bertz CT molecular complexity index is 1420. The van der Waals surface area contributed by atoms with Gasteiger partial charge in [-0.1, -0.05) is 23.8 Å². The summed E-state index contributed by atoms with van der Waals surface area (Å²) in [6.45, 7) is 1.76. The molecule has 1 aliphatic heterocycles. The molecule has 3 aromatic heterocycles. The lowest BCUT2D eigenvalue weighted by Crippen LogP contribution is -2.50. The average Bonchev–Trinajstić information content (AvgIpc) is 3.41. The number of pyridine rings is 1. The van der Waals surface area contributed by atoms with E-state index in [0.29, 0.717) is 9.90 Å². The molecule has 0 bridgehead atoms. The number of rotatable bonds is 3. The van der Waals surface area contributed by atoms with Crippen LogP contribution in [0.2, 0.25) is 5.02 Å². The molecule has 0 unspecified atom stereocenters. The molecule has 1 atom stereocenters. The molecule has 2 aliphatic rings. The fourth-order valence-corrected chi connectivity index (χ4v) is 7.49. The zero-order chi connectivity index (χ0) is 22.7. The van der Waals surface area contributed by atoms with Crippen molar-refractivity contribution in [1.82, 2.24) is 19.5 Å². The average molecular weight is 489 g/mol. The third-order valence-corrected chi connectivity index (χ3v) is 9.82. The van der Waals surface area contributed by atoms with E-state index in [-0.39, 0.29) is 11.7 Å². The Labute approximate surface area is 194 Å². The Kier molecular flexibility index (Phi) is 4.92. The van der Waals surface area contributed by atoms with Gasteiger partial charge in [0.25, 0.3) is 0 Å². The fraction of sp³-hybridized carbons (Fsp3) is 0.286. The lowest BCUT2D eigenvalue weighted by Gasteiger charge is -2.33. The van der Waals surface area contributed by atoms with Gasteiger partial charge in [-0.15, -0.1) is 11.3 Å². The van der Waals surface area contributed by atoms with Crippen LogP contribution in [0.3, 0.4) is 0 Å². The van der Waals surface area contributed by atoms with Crippen LogP contribution in [-0.2, 0) is 15.6 Å². The van der Waals surface area contributed by atoms with Crippen LogP contribution < -0.4 is 5.73 Å². The van der Waals surface area contributed by atoms with Gasteiger partial charge in [-0.05, 0) is 43.0 Å². The summed E-state index contributed by atoms with van der Waals surface area (Å²) >= 11 is 8.21. The maximum absolute atomic E-state index is 12.6. The molecular formula is C21H21ClN6O2S2. The first-order valence-electron chi connectivity index (χ1n) is 9.99. The Morgan fingerprint density at radius 3 is 2.62 bits per heavy atom. The molecule has 4 heterocycles. The molecule has 3 aromatic rings. The van der Waals surface area contributed by atoms with Crippen LogP contribution in [0.15, 0.2) is 41.7 Å². The number of nitrogens with one attached hydrogen (secondary N) is 1.